The number of carbonyl (C=O) groups is 1. The second kappa shape index (κ2) is 6.81. The van der Waals surface area contributed by atoms with Crippen LogP contribution in [-0.4, -0.2) is 29.2 Å². The SMILES string of the molecule is O=C(Cc1ccc(C(F)(F)F)cc1)N1CCC(CCBr)C1. The van der Waals surface area contributed by atoms with Crippen LogP contribution in [-0.2, 0) is 17.4 Å². The molecule has 0 aliphatic carbocycles. The van der Waals surface area contributed by atoms with E-state index in [1.165, 1.54) is 12.1 Å². The van der Waals surface area contributed by atoms with Crippen LogP contribution in [0, 0.1) is 5.92 Å². The molecule has 1 atom stereocenters. The topological polar surface area (TPSA) is 20.3 Å². The largest absolute Gasteiger partial charge is 0.416 e. The van der Waals surface area contributed by atoms with E-state index in [2.05, 4.69) is 15.9 Å². The number of halogens is 4. The Hall–Kier alpha value is -1.04. The van der Waals surface area contributed by atoms with E-state index >= 15 is 0 Å². The maximum absolute atomic E-state index is 12.5. The van der Waals surface area contributed by atoms with Crippen molar-refractivity contribution in [3.8, 4) is 0 Å². The number of alkyl halides is 4. The number of rotatable bonds is 4. The highest BCUT2D eigenvalue weighted by Crippen LogP contribution is 2.29. The molecule has 1 aliphatic rings. The van der Waals surface area contributed by atoms with Crippen molar-refractivity contribution < 1.29 is 18.0 Å². The van der Waals surface area contributed by atoms with Gasteiger partial charge < -0.3 is 4.90 Å². The minimum absolute atomic E-state index is 0.00756. The summed E-state index contributed by atoms with van der Waals surface area (Å²) in [5.41, 5.74) is -0.0609. The van der Waals surface area contributed by atoms with Gasteiger partial charge in [-0.3, -0.25) is 4.79 Å². The van der Waals surface area contributed by atoms with E-state index in [9.17, 15) is 18.0 Å². The summed E-state index contributed by atoms with van der Waals surface area (Å²) in [6.45, 7) is 1.50. The normalized spacial score (nSPS) is 19.0. The van der Waals surface area contributed by atoms with Gasteiger partial charge >= 0.3 is 6.18 Å². The van der Waals surface area contributed by atoms with Crippen LogP contribution < -0.4 is 0 Å². The van der Waals surface area contributed by atoms with Gasteiger partial charge in [-0.15, -0.1) is 0 Å². The molecule has 0 bridgehead atoms. The summed E-state index contributed by atoms with van der Waals surface area (Å²) in [5, 5.41) is 0.929. The minimum Gasteiger partial charge on any atom is -0.342 e. The molecule has 0 radical (unpaired) electrons. The van der Waals surface area contributed by atoms with E-state index in [1.807, 2.05) is 4.90 Å². The van der Waals surface area contributed by atoms with E-state index in [4.69, 9.17) is 0 Å². The number of hydrogen-bond acceptors (Lipinski definition) is 1. The summed E-state index contributed by atoms with van der Waals surface area (Å²) in [6.07, 6.45) is -2.12. The Morgan fingerprint density at radius 1 is 1.29 bits per heavy atom. The third-order valence-corrected chi connectivity index (χ3v) is 4.25. The van der Waals surface area contributed by atoms with Crippen molar-refractivity contribution in [3.05, 3.63) is 35.4 Å². The molecule has 1 saturated heterocycles. The first-order valence-corrected chi connectivity index (χ1v) is 8.02. The lowest BCUT2D eigenvalue weighted by Crippen LogP contribution is -2.30. The lowest BCUT2D eigenvalue weighted by atomic mass is 10.1. The second-order valence-electron chi connectivity index (χ2n) is 5.34. The Balaban J connectivity index is 1.91. The molecule has 6 heteroatoms. The zero-order valence-corrected chi connectivity index (χ0v) is 13.1. The second-order valence-corrected chi connectivity index (χ2v) is 6.14. The van der Waals surface area contributed by atoms with Crippen molar-refractivity contribution in [2.45, 2.75) is 25.4 Å². The van der Waals surface area contributed by atoms with Crippen LogP contribution in [0.5, 0.6) is 0 Å². The summed E-state index contributed by atoms with van der Waals surface area (Å²) in [4.78, 5) is 13.9. The maximum Gasteiger partial charge on any atom is 0.416 e. The van der Waals surface area contributed by atoms with Crippen LogP contribution in [0.25, 0.3) is 0 Å². The van der Waals surface area contributed by atoms with Gasteiger partial charge in [-0.1, -0.05) is 28.1 Å². The fraction of sp³-hybridized carbons (Fsp3) is 0.533. The van der Waals surface area contributed by atoms with Crippen LogP contribution in [0.2, 0.25) is 0 Å². The Morgan fingerprint density at radius 2 is 1.95 bits per heavy atom. The summed E-state index contributed by atoms with van der Waals surface area (Å²) in [6, 6.07) is 4.82. The Morgan fingerprint density at radius 3 is 2.52 bits per heavy atom. The average Bonchev–Trinajstić information content (AvgIpc) is 2.87. The highest BCUT2D eigenvalue weighted by molar-refractivity contribution is 9.09. The van der Waals surface area contributed by atoms with Gasteiger partial charge in [-0.05, 0) is 36.5 Å². The molecule has 2 rings (SSSR count). The van der Waals surface area contributed by atoms with Crippen LogP contribution in [0.15, 0.2) is 24.3 Å². The zero-order chi connectivity index (χ0) is 15.5. The van der Waals surface area contributed by atoms with E-state index < -0.39 is 11.7 Å². The van der Waals surface area contributed by atoms with E-state index in [-0.39, 0.29) is 12.3 Å². The summed E-state index contributed by atoms with van der Waals surface area (Å²) in [7, 11) is 0. The molecule has 1 aromatic carbocycles. The zero-order valence-electron chi connectivity index (χ0n) is 11.5. The van der Waals surface area contributed by atoms with Crippen LogP contribution in [0.4, 0.5) is 13.2 Å². The molecule has 0 saturated carbocycles. The smallest absolute Gasteiger partial charge is 0.342 e. The number of hydrogen-bond donors (Lipinski definition) is 0. The average molecular weight is 364 g/mol. The van der Waals surface area contributed by atoms with Gasteiger partial charge in [0.05, 0.1) is 12.0 Å². The number of carbonyl (C=O) groups excluding carboxylic acids is 1. The predicted octanol–water partition coefficient (Wildman–Crippen LogP) is 3.88. The third kappa shape index (κ3) is 4.46. The fourth-order valence-corrected chi connectivity index (χ4v) is 3.19. The standard InChI is InChI=1S/C15H17BrF3NO/c16-7-5-12-6-8-20(10-12)14(21)9-11-1-3-13(4-2-11)15(17,18)19/h1-4,12H,5-10H2. The quantitative estimate of drug-likeness (QED) is 0.743. The van der Waals surface area contributed by atoms with Gasteiger partial charge in [-0.2, -0.15) is 13.2 Å². The number of benzene rings is 1. The molecule has 21 heavy (non-hydrogen) atoms. The van der Waals surface area contributed by atoms with Crippen molar-refractivity contribution in [1.82, 2.24) is 4.90 Å². The molecule has 0 N–H and O–H groups in total. The third-order valence-electron chi connectivity index (χ3n) is 3.79. The predicted molar refractivity (Wildman–Crippen MR) is 78.2 cm³/mol. The molecule has 1 heterocycles. The first kappa shape index (κ1) is 16.3. The van der Waals surface area contributed by atoms with Gasteiger partial charge in [0.2, 0.25) is 5.91 Å². The van der Waals surface area contributed by atoms with Crippen molar-refractivity contribution in [1.29, 1.82) is 0 Å². The Bertz CT molecular complexity index is 487. The van der Waals surface area contributed by atoms with Crippen molar-refractivity contribution in [3.63, 3.8) is 0 Å². The van der Waals surface area contributed by atoms with Crippen LogP contribution >= 0.6 is 15.9 Å². The molecule has 116 valence electrons. The molecule has 1 unspecified atom stereocenters. The van der Waals surface area contributed by atoms with Crippen molar-refractivity contribution in [2.75, 3.05) is 18.4 Å². The Labute approximate surface area is 130 Å². The van der Waals surface area contributed by atoms with E-state index in [0.717, 1.165) is 43.4 Å². The van der Waals surface area contributed by atoms with E-state index in [1.54, 1.807) is 0 Å². The molecular weight excluding hydrogens is 347 g/mol. The maximum atomic E-state index is 12.5. The number of likely N-dealkylation sites (tertiary alicyclic amines) is 1. The van der Waals surface area contributed by atoms with Crippen LogP contribution in [0.1, 0.15) is 24.0 Å². The minimum atomic E-state index is -4.33. The first-order valence-electron chi connectivity index (χ1n) is 6.90. The number of amides is 1. The molecule has 0 aromatic heterocycles. The fourth-order valence-electron chi connectivity index (χ4n) is 2.55. The van der Waals surface area contributed by atoms with Crippen molar-refractivity contribution in [2.24, 2.45) is 5.92 Å². The molecule has 0 spiro atoms. The van der Waals surface area contributed by atoms with Gasteiger partial charge in [0, 0.05) is 18.4 Å². The summed E-state index contributed by atoms with van der Waals surface area (Å²) in [5.74, 6) is 0.521. The lowest BCUT2D eigenvalue weighted by molar-refractivity contribution is -0.137. The van der Waals surface area contributed by atoms with Crippen LogP contribution in [0.3, 0.4) is 0 Å². The molecule has 1 fully saturated rings. The number of nitrogens with zero attached hydrogens (tertiary/aromatic N) is 1. The summed E-state index contributed by atoms with van der Waals surface area (Å²) < 4.78 is 37.4. The summed E-state index contributed by atoms with van der Waals surface area (Å²) >= 11 is 3.40. The van der Waals surface area contributed by atoms with Crippen molar-refractivity contribution >= 4 is 21.8 Å². The highest BCUT2D eigenvalue weighted by atomic mass is 79.9. The van der Waals surface area contributed by atoms with E-state index in [0.29, 0.717) is 11.5 Å². The monoisotopic (exact) mass is 363 g/mol. The Kier molecular flexibility index (Phi) is 5.30. The molecular formula is C15H17BrF3NO. The molecule has 1 aliphatic heterocycles. The highest BCUT2D eigenvalue weighted by Gasteiger charge is 2.30. The van der Waals surface area contributed by atoms with Gasteiger partial charge in [0.15, 0.2) is 0 Å². The van der Waals surface area contributed by atoms with Gasteiger partial charge in [-0.25, -0.2) is 0 Å². The lowest BCUT2D eigenvalue weighted by Gasteiger charge is -2.16. The van der Waals surface area contributed by atoms with Gasteiger partial charge in [0.1, 0.15) is 0 Å². The first-order chi connectivity index (χ1) is 9.90. The molecule has 1 amide bonds. The van der Waals surface area contributed by atoms with Gasteiger partial charge in [0.25, 0.3) is 0 Å². The molecule has 2 nitrogen and oxygen atoms in total. The molecule has 1 aromatic rings.